The van der Waals surface area contributed by atoms with Crippen molar-refractivity contribution in [2.24, 2.45) is 0 Å². The van der Waals surface area contributed by atoms with Gasteiger partial charge >= 0.3 is 0 Å². The fraction of sp³-hybridized carbons (Fsp3) is 0.238. The van der Waals surface area contributed by atoms with Crippen LogP contribution in [0.4, 0.5) is 0 Å². The SMILES string of the molecule is COCCN(C(C)=O)C1=C(NCc2cccnc2)C(=O)c2ccccc2C1=O. The number of ether oxygens (including phenoxy) is 1. The van der Waals surface area contributed by atoms with Crippen molar-refractivity contribution in [1.29, 1.82) is 0 Å². The number of hydrogen-bond acceptors (Lipinski definition) is 6. The normalized spacial score (nSPS) is 13.4. The number of hydrogen-bond donors (Lipinski definition) is 1. The first-order valence-electron chi connectivity index (χ1n) is 8.87. The molecule has 0 spiro atoms. The predicted octanol–water partition coefficient (Wildman–Crippen LogP) is 1.96. The summed E-state index contributed by atoms with van der Waals surface area (Å²) in [5, 5.41) is 3.06. The molecule has 0 saturated heterocycles. The van der Waals surface area contributed by atoms with Crippen LogP contribution in [0.1, 0.15) is 33.2 Å². The molecule has 1 amide bonds. The lowest BCUT2D eigenvalue weighted by atomic mass is 9.89. The van der Waals surface area contributed by atoms with Gasteiger partial charge in [0.2, 0.25) is 17.5 Å². The minimum atomic E-state index is -0.366. The molecule has 0 saturated carbocycles. The monoisotopic (exact) mass is 379 g/mol. The molecule has 144 valence electrons. The third-order valence-corrected chi connectivity index (χ3v) is 4.46. The highest BCUT2D eigenvalue weighted by Crippen LogP contribution is 2.27. The van der Waals surface area contributed by atoms with E-state index in [0.29, 0.717) is 12.1 Å². The van der Waals surface area contributed by atoms with E-state index in [9.17, 15) is 14.4 Å². The maximum Gasteiger partial charge on any atom is 0.224 e. The Morgan fingerprint density at radius 1 is 1.11 bits per heavy atom. The van der Waals surface area contributed by atoms with Gasteiger partial charge in [0.05, 0.1) is 6.61 Å². The maximum atomic E-state index is 13.2. The number of rotatable bonds is 7. The number of nitrogens with one attached hydrogen (secondary N) is 1. The fourth-order valence-corrected chi connectivity index (χ4v) is 3.09. The van der Waals surface area contributed by atoms with Crippen molar-refractivity contribution < 1.29 is 19.1 Å². The first kappa shape index (κ1) is 19.4. The Labute approximate surface area is 163 Å². The highest BCUT2D eigenvalue weighted by Gasteiger charge is 2.36. The average molecular weight is 379 g/mol. The Balaban J connectivity index is 2.06. The van der Waals surface area contributed by atoms with Gasteiger partial charge in [-0.1, -0.05) is 30.3 Å². The number of fused-ring (bicyclic) bond motifs is 1. The second-order valence-corrected chi connectivity index (χ2v) is 6.31. The molecule has 7 nitrogen and oxygen atoms in total. The second kappa shape index (κ2) is 8.58. The van der Waals surface area contributed by atoms with Gasteiger partial charge in [-0.2, -0.15) is 0 Å². The molecule has 0 atom stereocenters. The van der Waals surface area contributed by atoms with Crippen LogP contribution < -0.4 is 5.32 Å². The van der Waals surface area contributed by atoms with E-state index in [1.54, 1.807) is 42.7 Å². The zero-order valence-corrected chi connectivity index (χ0v) is 15.8. The third kappa shape index (κ3) is 3.84. The van der Waals surface area contributed by atoms with Gasteiger partial charge in [-0.25, -0.2) is 0 Å². The molecule has 1 heterocycles. The molecule has 1 aromatic carbocycles. The van der Waals surface area contributed by atoms with Crippen molar-refractivity contribution in [3.05, 3.63) is 76.9 Å². The first-order chi connectivity index (χ1) is 13.5. The summed E-state index contributed by atoms with van der Waals surface area (Å²) in [6.45, 7) is 2.06. The van der Waals surface area contributed by atoms with Gasteiger partial charge in [0.15, 0.2) is 0 Å². The lowest BCUT2D eigenvalue weighted by molar-refractivity contribution is -0.127. The van der Waals surface area contributed by atoms with Crippen LogP contribution >= 0.6 is 0 Å². The highest BCUT2D eigenvalue weighted by molar-refractivity contribution is 6.27. The molecule has 0 bridgehead atoms. The number of carbonyl (C=O) groups is 3. The number of nitrogens with zero attached hydrogens (tertiary/aromatic N) is 2. The van der Waals surface area contributed by atoms with Crippen LogP contribution in [-0.4, -0.2) is 47.6 Å². The summed E-state index contributed by atoms with van der Waals surface area (Å²) < 4.78 is 5.07. The molecule has 0 fully saturated rings. The minimum Gasteiger partial charge on any atom is -0.383 e. The van der Waals surface area contributed by atoms with Gasteiger partial charge in [0, 0.05) is 50.6 Å². The molecule has 0 aliphatic heterocycles. The number of Topliss-reactive ketones (excluding diaryl/α,β-unsaturated/α-hetero) is 2. The maximum absolute atomic E-state index is 13.2. The number of carbonyl (C=O) groups excluding carboxylic acids is 3. The van der Waals surface area contributed by atoms with E-state index < -0.39 is 0 Å². The average Bonchev–Trinajstić information content (AvgIpc) is 2.71. The number of allylic oxidation sites excluding steroid dienone is 2. The summed E-state index contributed by atoms with van der Waals surface area (Å²) in [5.74, 6) is -1.03. The summed E-state index contributed by atoms with van der Waals surface area (Å²) in [5.41, 5.74) is 1.62. The summed E-state index contributed by atoms with van der Waals surface area (Å²) in [6, 6.07) is 10.3. The van der Waals surface area contributed by atoms with Gasteiger partial charge in [-0.05, 0) is 11.6 Å². The zero-order valence-electron chi connectivity index (χ0n) is 15.8. The molecule has 0 unspecified atom stereocenters. The Kier molecular flexibility index (Phi) is 5.96. The van der Waals surface area contributed by atoms with Gasteiger partial charge < -0.3 is 15.0 Å². The number of benzene rings is 1. The number of methoxy groups -OCH3 is 1. The van der Waals surface area contributed by atoms with Crippen LogP contribution in [0.2, 0.25) is 0 Å². The number of ketones is 2. The molecular weight excluding hydrogens is 358 g/mol. The molecule has 1 aliphatic rings. The Hall–Kier alpha value is -3.32. The molecule has 1 aliphatic carbocycles. The third-order valence-electron chi connectivity index (χ3n) is 4.46. The predicted molar refractivity (Wildman–Crippen MR) is 102 cm³/mol. The largest absolute Gasteiger partial charge is 0.383 e. The van der Waals surface area contributed by atoms with E-state index in [-0.39, 0.29) is 47.6 Å². The Bertz CT molecular complexity index is 938. The number of amides is 1. The number of pyridine rings is 1. The van der Waals surface area contributed by atoms with Gasteiger partial charge in [0.1, 0.15) is 11.4 Å². The zero-order chi connectivity index (χ0) is 20.1. The lowest BCUT2D eigenvalue weighted by Gasteiger charge is -2.29. The standard InChI is InChI=1S/C21H21N3O4/c1-14(25)24(10-11-28-2)19-18(23-13-15-6-5-9-22-12-15)20(26)16-7-3-4-8-17(16)21(19)27/h3-9,12,23H,10-11,13H2,1-2H3. The molecule has 28 heavy (non-hydrogen) atoms. The quantitative estimate of drug-likeness (QED) is 0.791. The Morgan fingerprint density at radius 2 is 1.82 bits per heavy atom. The van der Waals surface area contributed by atoms with Crippen LogP contribution in [0.15, 0.2) is 60.2 Å². The number of aromatic nitrogens is 1. The van der Waals surface area contributed by atoms with Crippen molar-refractivity contribution in [1.82, 2.24) is 15.2 Å². The fourth-order valence-electron chi connectivity index (χ4n) is 3.09. The van der Waals surface area contributed by atoms with Crippen LogP contribution in [-0.2, 0) is 16.1 Å². The molecule has 1 aromatic heterocycles. The van der Waals surface area contributed by atoms with Crippen LogP contribution in [0.25, 0.3) is 0 Å². The van der Waals surface area contributed by atoms with Crippen LogP contribution in [0.3, 0.4) is 0 Å². The second-order valence-electron chi connectivity index (χ2n) is 6.31. The van der Waals surface area contributed by atoms with Crippen LogP contribution in [0, 0.1) is 0 Å². The summed E-state index contributed by atoms with van der Waals surface area (Å²) >= 11 is 0. The van der Waals surface area contributed by atoms with Crippen LogP contribution in [0.5, 0.6) is 0 Å². The van der Waals surface area contributed by atoms with Crippen molar-refractivity contribution in [3.63, 3.8) is 0 Å². The Morgan fingerprint density at radius 3 is 2.43 bits per heavy atom. The first-order valence-corrected chi connectivity index (χ1v) is 8.87. The molecule has 7 heteroatoms. The van der Waals surface area contributed by atoms with E-state index >= 15 is 0 Å². The van der Waals surface area contributed by atoms with Crippen molar-refractivity contribution in [3.8, 4) is 0 Å². The molecule has 0 radical (unpaired) electrons. The van der Waals surface area contributed by atoms with E-state index in [1.807, 2.05) is 6.07 Å². The highest BCUT2D eigenvalue weighted by atomic mass is 16.5. The summed E-state index contributed by atoms with van der Waals surface area (Å²) in [6.07, 6.45) is 3.33. The minimum absolute atomic E-state index is 0.0529. The molecular formula is C21H21N3O4. The molecule has 2 aromatic rings. The van der Waals surface area contributed by atoms with Crippen molar-refractivity contribution >= 4 is 17.5 Å². The van der Waals surface area contributed by atoms with Crippen molar-refractivity contribution in [2.75, 3.05) is 20.3 Å². The lowest BCUT2D eigenvalue weighted by Crippen LogP contribution is -2.41. The van der Waals surface area contributed by atoms with E-state index in [4.69, 9.17) is 4.74 Å². The summed E-state index contributed by atoms with van der Waals surface area (Å²) in [4.78, 5) is 44.0. The summed E-state index contributed by atoms with van der Waals surface area (Å²) in [7, 11) is 1.51. The molecule has 3 rings (SSSR count). The van der Waals surface area contributed by atoms with E-state index in [2.05, 4.69) is 10.3 Å². The van der Waals surface area contributed by atoms with Crippen molar-refractivity contribution in [2.45, 2.75) is 13.5 Å². The molecule has 1 N–H and O–H groups in total. The van der Waals surface area contributed by atoms with E-state index in [0.717, 1.165) is 5.56 Å². The topological polar surface area (TPSA) is 88.6 Å². The van der Waals surface area contributed by atoms with Gasteiger partial charge in [0.25, 0.3) is 0 Å². The van der Waals surface area contributed by atoms with Gasteiger partial charge in [-0.15, -0.1) is 0 Å². The van der Waals surface area contributed by atoms with Gasteiger partial charge in [-0.3, -0.25) is 19.4 Å². The smallest absolute Gasteiger partial charge is 0.224 e. The van der Waals surface area contributed by atoms with E-state index in [1.165, 1.54) is 18.9 Å².